The maximum absolute atomic E-state index is 11.2. The molecule has 2 aliphatic carbocycles. The number of carboxylic acid groups (broad SMARTS) is 2. The van der Waals surface area contributed by atoms with Gasteiger partial charge in [-0.15, -0.1) is 0 Å². The predicted molar refractivity (Wildman–Crippen MR) is 162 cm³/mol. The summed E-state index contributed by atoms with van der Waals surface area (Å²) in [5, 5.41) is 18.1. The van der Waals surface area contributed by atoms with Crippen molar-refractivity contribution < 1.29 is 38.9 Å². The number of fused-ring (bicyclic) bond motifs is 2. The van der Waals surface area contributed by atoms with E-state index in [1.165, 1.54) is 12.7 Å². The van der Waals surface area contributed by atoms with Gasteiger partial charge in [0.1, 0.15) is 34.9 Å². The Hall–Kier alpha value is -4.88. The maximum Gasteiger partial charge on any atom is 0.373 e. The first-order valence-electron chi connectivity index (χ1n) is 13.9. The minimum Gasteiger partial charge on any atom is -0.483 e. The van der Waals surface area contributed by atoms with E-state index < -0.39 is 5.97 Å². The Kier molecular flexibility index (Phi) is 14.6. The number of carboxylic acids is 1. The van der Waals surface area contributed by atoms with Gasteiger partial charge in [0.25, 0.3) is 6.47 Å². The number of anilines is 1. The number of carbonyl (C=O) groups excluding carboxylic acids is 3. The fraction of sp³-hybridized carbons (Fsp3) is 0.448. The van der Waals surface area contributed by atoms with Crippen molar-refractivity contribution in [1.82, 2.24) is 29.9 Å². The first kappa shape index (κ1) is 36.3. The number of aliphatic carboxylic acids is 1. The van der Waals surface area contributed by atoms with E-state index in [9.17, 15) is 9.59 Å². The molecule has 4 aromatic heterocycles. The van der Waals surface area contributed by atoms with Crippen LogP contribution in [0.3, 0.4) is 0 Å². The number of rotatable bonds is 5. The van der Waals surface area contributed by atoms with E-state index >= 15 is 0 Å². The summed E-state index contributed by atoms with van der Waals surface area (Å²) in [5.74, 6) is 0.871. The Morgan fingerprint density at radius 3 is 2.00 bits per heavy atom. The minimum absolute atomic E-state index is 0.00176. The molecule has 0 saturated heterocycles. The Balaban J connectivity index is 0.000000226. The van der Waals surface area contributed by atoms with Gasteiger partial charge in [0.15, 0.2) is 0 Å². The Morgan fingerprint density at radius 2 is 1.51 bits per heavy atom. The van der Waals surface area contributed by atoms with Crippen molar-refractivity contribution in [3.05, 3.63) is 42.3 Å². The summed E-state index contributed by atoms with van der Waals surface area (Å²) in [6.45, 7) is 5.69. The van der Waals surface area contributed by atoms with Crippen LogP contribution in [0.1, 0.15) is 46.5 Å². The van der Waals surface area contributed by atoms with Crippen molar-refractivity contribution in [2.45, 2.75) is 58.6 Å². The molecule has 16 heteroatoms. The molecule has 0 atom stereocenters. The van der Waals surface area contributed by atoms with Gasteiger partial charge in [-0.05, 0) is 57.6 Å². The van der Waals surface area contributed by atoms with E-state index in [4.69, 9.17) is 40.9 Å². The maximum atomic E-state index is 11.2. The number of aromatic nitrogens is 6. The molecule has 0 aromatic carbocycles. The van der Waals surface area contributed by atoms with Gasteiger partial charge < -0.3 is 29.8 Å². The van der Waals surface area contributed by atoms with E-state index in [-0.39, 0.29) is 42.6 Å². The molecule has 0 amide bonds. The molecule has 4 heterocycles. The number of esters is 1. The number of nitrogens with zero attached hydrogens (tertiary/aromatic N) is 5. The Morgan fingerprint density at radius 1 is 1.00 bits per heavy atom. The Labute approximate surface area is 263 Å². The van der Waals surface area contributed by atoms with Gasteiger partial charge in [-0.2, -0.15) is 9.59 Å². The molecule has 242 valence electrons. The smallest absolute Gasteiger partial charge is 0.373 e. The molecule has 0 unspecified atom stereocenters. The molecule has 0 spiro atoms. The van der Waals surface area contributed by atoms with Crippen LogP contribution >= 0.6 is 11.6 Å². The second-order valence-corrected chi connectivity index (χ2v) is 10.9. The minimum atomic E-state index is -0.700. The topological polar surface area (TPSA) is 221 Å². The monoisotopic (exact) mass is 645 g/mol. The molecule has 45 heavy (non-hydrogen) atoms. The van der Waals surface area contributed by atoms with E-state index in [1.807, 2.05) is 39.2 Å². The summed E-state index contributed by atoms with van der Waals surface area (Å²) in [6.07, 6.45) is 10.3. The number of aromatic amines is 2. The van der Waals surface area contributed by atoms with Crippen LogP contribution in [0.15, 0.2) is 37.2 Å². The lowest BCUT2D eigenvalue weighted by molar-refractivity contribution is -0.191. The van der Waals surface area contributed by atoms with Crippen LogP contribution in [0, 0.1) is 17.8 Å². The van der Waals surface area contributed by atoms with Crippen molar-refractivity contribution in [2.75, 3.05) is 11.9 Å². The van der Waals surface area contributed by atoms with Gasteiger partial charge in [0.2, 0.25) is 0 Å². The number of carbonyl (C=O) groups is 3. The first-order chi connectivity index (χ1) is 21.5. The third kappa shape index (κ3) is 10.7. The zero-order valence-corrected chi connectivity index (χ0v) is 26.0. The number of halogens is 1. The molecular formula is C29H36ClN7O8. The summed E-state index contributed by atoms with van der Waals surface area (Å²) in [4.78, 5) is 70.8. The van der Waals surface area contributed by atoms with Crippen LogP contribution < -0.4 is 4.90 Å². The Bertz CT molecular complexity index is 1560. The van der Waals surface area contributed by atoms with Gasteiger partial charge in [-0.3, -0.25) is 14.4 Å². The van der Waals surface area contributed by atoms with Gasteiger partial charge in [-0.25, -0.2) is 19.9 Å². The van der Waals surface area contributed by atoms with Crippen LogP contribution in [0.5, 0.6) is 0 Å². The summed E-state index contributed by atoms with van der Waals surface area (Å²) in [5.41, 5.74) is 1.58. The van der Waals surface area contributed by atoms with Crippen molar-refractivity contribution in [2.24, 2.45) is 17.8 Å². The molecule has 4 aromatic rings. The van der Waals surface area contributed by atoms with E-state index in [0.717, 1.165) is 46.6 Å². The van der Waals surface area contributed by atoms with Crippen molar-refractivity contribution >= 4 is 64.0 Å². The number of H-pyrrole nitrogens is 2. The number of nitrogens with one attached hydrogen (secondary N) is 2. The standard InChI is InChI=1S/C12H14N4O2.C9H16O2.C6H4ClN3.CH2O2.CO2/c1-16(8-4-7(5-8)12(17)18)11-9-2-3-13-10(9)14-6-15-11;1-6(2)11-9(10)8-4-7(3)5-8;7-5-4-1-2-8-6(4)10-3-9-5;2*2-1-3/h2-3,6-8H,4-5H2,1H3,(H,17,18)(H,13,14,15);6-8H,4-5H2,1-3H3;1-3H,(H,8,9,10);1H,(H,2,3);. The average molecular weight is 646 g/mol. The highest BCUT2D eigenvalue weighted by molar-refractivity contribution is 6.33. The van der Waals surface area contributed by atoms with E-state index in [0.29, 0.717) is 18.0 Å². The highest BCUT2D eigenvalue weighted by Gasteiger charge is 2.37. The molecule has 2 fully saturated rings. The molecule has 4 N–H and O–H groups in total. The van der Waals surface area contributed by atoms with Crippen LogP contribution in [-0.4, -0.2) is 83.9 Å². The second kappa shape index (κ2) is 18.0. The molecular weight excluding hydrogens is 610 g/mol. The van der Waals surface area contributed by atoms with Crippen LogP contribution in [0.4, 0.5) is 5.82 Å². The highest BCUT2D eigenvalue weighted by Crippen LogP contribution is 2.35. The third-order valence-electron chi connectivity index (χ3n) is 7.04. The normalized spacial score (nSPS) is 19.2. The van der Waals surface area contributed by atoms with E-state index in [2.05, 4.69) is 41.7 Å². The van der Waals surface area contributed by atoms with Gasteiger partial charge in [0.05, 0.1) is 28.7 Å². The fourth-order valence-corrected chi connectivity index (χ4v) is 4.88. The lowest BCUT2D eigenvalue weighted by Gasteiger charge is -2.39. The van der Waals surface area contributed by atoms with Crippen LogP contribution in [0.2, 0.25) is 5.15 Å². The molecule has 2 saturated carbocycles. The SMILES string of the molecule is CC1CC(C(=O)OC(C)C)C1.CN(c1ncnc2[nH]ccc12)C1CC(C(=O)O)C1.Clc1ncnc2[nH]ccc12.O=C=O.O=CO. The average Bonchev–Trinajstić information content (AvgIpc) is 3.62. The van der Waals surface area contributed by atoms with Gasteiger partial charge in [0, 0.05) is 25.5 Å². The summed E-state index contributed by atoms with van der Waals surface area (Å²) >= 11 is 5.73. The molecule has 6 rings (SSSR count). The van der Waals surface area contributed by atoms with Crippen molar-refractivity contribution in [3.63, 3.8) is 0 Å². The zero-order chi connectivity index (χ0) is 33.5. The van der Waals surface area contributed by atoms with E-state index in [1.54, 1.807) is 6.20 Å². The second-order valence-electron chi connectivity index (χ2n) is 10.6. The highest BCUT2D eigenvalue weighted by atomic mass is 35.5. The quantitative estimate of drug-likeness (QED) is 0.137. The van der Waals surface area contributed by atoms with Crippen molar-refractivity contribution in [1.29, 1.82) is 0 Å². The first-order valence-corrected chi connectivity index (χ1v) is 14.3. The zero-order valence-electron chi connectivity index (χ0n) is 25.2. The molecule has 0 aliphatic heterocycles. The lowest BCUT2D eigenvalue weighted by Crippen LogP contribution is -2.45. The van der Waals surface area contributed by atoms with Gasteiger partial charge in [-0.1, -0.05) is 18.5 Å². The molecule has 0 radical (unpaired) electrons. The van der Waals surface area contributed by atoms with Crippen LogP contribution in [0.25, 0.3) is 22.1 Å². The fourth-order valence-electron chi connectivity index (χ4n) is 4.68. The summed E-state index contributed by atoms with van der Waals surface area (Å²) in [7, 11) is 1.96. The summed E-state index contributed by atoms with van der Waals surface area (Å²) in [6, 6.07) is 4.03. The lowest BCUT2D eigenvalue weighted by atomic mass is 9.76. The van der Waals surface area contributed by atoms with Crippen LogP contribution in [-0.2, 0) is 28.7 Å². The summed E-state index contributed by atoms with van der Waals surface area (Å²) < 4.78 is 5.06. The number of ether oxygens (including phenoxy) is 1. The van der Waals surface area contributed by atoms with Gasteiger partial charge >= 0.3 is 18.1 Å². The molecule has 0 bridgehead atoms. The number of hydrogen-bond donors (Lipinski definition) is 4. The number of hydrogen-bond acceptors (Lipinski definition) is 11. The molecule has 2 aliphatic rings. The molecule has 15 nitrogen and oxygen atoms in total. The van der Waals surface area contributed by atoms with Crippen molar-refractivity contribution in [3.8, 4) is 0 Å². The largest absolute Gasteiger partial charge is 0.483 e. The third-order valence-corrected chi connectivity index (χ3v) is 7.34. The predicted octanol–water partition coefficient (Wildman–Crippen LogP) is 3.97.